The van der Waals surface area contributed by atoms with Crippen LogP contribution >= 0.6 is 0 Å². The Bertz CT molecular complexity index is 984. The SMILES string of the molecule is CCCCn1c(C(=O)NC2CCN(Cc3ccccc3)CC2)c(C)c2ccccc21. The van der Waals surface area contributed by atoms with Gasteiger partial charge in [0.15, 0.2) is 0 Å². The van der Waals surface area contributed by atoms with Crippen molar-refractivity contribution in [3.63, 3.8) is 0 Å². The maximum absolute atomic E-state index is 13.3. The van der Waals surface area contributed by atoms with Crippen LogP contribution in [-0.4, -0.2) is 34.5 Å². The topological polar surface area (TPSA) is 37.3 Å². The van der Waals surface area contributed by atoms with E-state index in [1.165, 1.54) is 16.5 Å². The van der Waals surface area contributed by atoms with Crippen LogP contribution in [0.2, 0.25) is 0 Å². The predicted molar refractivity (Wildman–Crippen MR) is 124 cm³/mol. The second-order valence-electron chi connectivity index (χ2n) is 8.51. The molecule has 158 valence electrons. The zero-order valence-electron chi connectivity index (χ0n) is 18.2. The first-order chi connectivity index (χ1) is 14.7. The normalized spacial score (nSPS) is 15.5. The lowest BCUT2D eigenvalue weighted by Gasteiger charge is -2.32. The molecule has 4 nitrogen and oxygen atoms in total. The summed E-state index contributed by atoms with van der Waals surface area (Å²) in [7, 11) is 0. The maximum Gasteiger partial charge on any atom is 0.268 e. The monoisotopic (exact) mass is 403 g/mol. The molecule has 0 saturated carbocycles. The molecule has 1 N–H and O–H groups in total. The standard InChI is InChI=1S/C26H33N3O/c1-3-4-16-29-24-13-9-8-12-23(24)20(2)25(29)26(30)27-22-14-17-28(18-15-22)19-21-10-6-5-7-11-21/h5-13,22H,3-4,14-19H2,1-2H3,(H,27,30). The number of nitrogens with one attached hydrogen (secondary N) is 1. The summed E-state index contributed by atoms with van der Waals surface area (Å²) in [6, 6.07) is 19.3. The van der Waals surface area contributed by atoms with E-state index in [2.05, 4.69) is 83.2 Å². The molecule has 0 atom stereocenters. The molecule has 30 heavy (non-hydrogen) atoms. The maximum atomic E-state index is 13.3. The highest BCUT2D eigenvalue weighted by Gasteiger charge is 2.25. The van der Waals surface area contributed by atoms with Gasteiger partial charge < -0.3 is 9.88 Å². The number of hydrogen-bond acceptors (Lipinski definition) is 2. The number of unbranched alkanes of at least 4 members (excludes halogenated alkanes) is 1. The van der Waals surface area contributed by atoms with Crippen LogP contribution in [0.5, 0.6) is 0 Å². The van der Waals surface area contributed by atoms with Gasteiger partial charge in [-0.15, -0.1) is 0 Å². The van der Waals surface area contributed by atoms with E-state index in [-0.39, 0.29) is 11.9 Å². The first-order valence-electron chi connectivity index (χ1n) is 11.3. The smallest absolute Gasteiger partial charge is 0.268 e. The molecule has 2 heterocycles. The van der Waals surface area contributed by atoms with Crippen molar-refractivity contribution in [2.75, 3.05) is 13.1 Å². The fraction of sp³-hybridized carbons (Fsp3) is 0.423. The van der Waals surface area contributed by atoms with E-state index in [1.54, 1.807) is 0 Å². The lowest BCUT2D eigenvalue weighted by Crippen LogP contribution is -2.44. The molecule has 3 aromatic rings. The van der Waals surface area contributed by atoms with E-state index in [9.17, 15) is 4.79 Å². The number of aromatic nitrogens is 1. The van der Waals surface area contributed by atoms with Crippen molar-refractivity contribution < 1.29 is 4.79 Å². The summed E-state index contributed by atoms with van der Waals surface area (Å²) in [6.45, 7) is 8.22. The molecule has 1 aliphatic heterocycles. The van der Waals surface area contributed by atoms with Crippen LogP contribution in [0.25, 0.3) is 10.9 Å². The minimum Gasteiger partial charge on any atom is -0.348 e. The minimum atomic E-state index is 0.0845. The van der Waals surface area contributed by atoms with Crippen molar-refractivity contribution in [3.8, 4) is 0 Å². The summed E-state index contributed by atoms with van der Waals surface area (Å²) in [5.74, 6) is 0.0845. The molecular weight excluding hydrogens is 370 g/mol. The van der Waals surface area contributed by atoms with Gasteiger partial charge in [0.2, 0.25) is 0 Å². The third-order valence-electron chi connectivity index (χ3n) is 6.35. The zero-order chi connectivity index (χ0) is 20.9. The summed E-state index contributed by atoms with van der Waals surface area (Å²) < 4.78 is 2.23. The highest BCUT2D eigenvalue weighted by Crippen LogP contribution is 2.26. The molecule has 0 spiro atoms. The Balaban J connectivity index is 1.43. The Morgan fingerprint density at radius 1 is 1.03 bits per heavy atom. The molecule has 1 aromatic heterocycles. The number of nitrogens with zero attached hydrogens (tertiary/aromatic N) is 2. The van der Waals surface area contributed by atoms with E-state index in [1.807, 2.05) is 0 Å². The molecule has 0 unspecified atom stereocenters. The van der Waals surface area contributed by atoms with Crippen molar-refractivity contribution in [3.05, 3.63) is 71.4 Å². The number of carbonyl (C=O) groups is 1. The highest BCUT2D eigenvalue weighted by atomic mass is 16.2. The quantitative estimate of drug-likeness (QED) is 0.593. The summed E-state index contributed by atoms with van der Waals surface area (Å²) in [5, 5.41) is 4.54. The van der Waals surface area contributed by atoms with Gasteiger partial charge in [-0.2, -0.15) is 0 Å². The fourth-order valence-electron chi connectivity index (χ4n) is 4.65. The summed E-state index contributed by atoms with van der Waals surface area (Å²) >= 11 is 0. The van der Waals surface area contributed by atoms with Crippen LogP contribution in [0.3, 0.4) is 0 Å². The first kappa shape index (κ1) is 20.7. The van der Waals surface area contributed by atoms with E-state index in [4.69, 9.17) is 0 Å². The number of para-hydroxylation sites is 1. The van der Waals surface area contributed by atoms with Crippen LogP contribution in [0.4, 0.5) is 0 Å². The van der Waals surface area contributed by atoms with Crippen LogP contribution in [0.1, 0.15) is 54.2 Å². The second-order valence-corrected chi connectivity index (χ2v) is 8.51. The molecule has 1 aliphatic rings. The Kier molecular flexibility index (Phi) is 6.53. The molecule has 1 amide bonds. The van der Waals surface area contributed by atoms with Gasteiger partial charge in [0, 0.05) is 43.1 Å². The molecule has 1 fully saturated rings. The third-order valence-corrected chi connectivity index (χ3v) is 6.35. The largest absolute Gasteiger partial charge is 0.348 e. The van der Waals surface area contributed by atoms with E-state index in [0.29, 0.717) is 0 Å². The van der Waals surface area contributed by atoms with Gasteiger partial charge in [0.1, 0.15) is 5.69 Å². The summed E-state index contributed by atoms with van der Waals surface area (Å²) in [4.78, 5) is 15.8. The number of fused-ring (bicyclic) bond motifs is 1. The zero-order valence-corrected chi connectivity index (χ0v) is 18.2. The highest BCUT2D eigenvalue weighted by molar-refractivity contribution is 6.01. The van der Waals surface area contributed by atoms with Gasteiger partial charge in [0.25, 0.3) is 5.91 Å². The molecule has 4 heteroatoms. The third kappa shape index (κ3) is 4.44. The number of carbonyl (C=O) groups excluding carboxylic acids is 1. The minimum absolute atomic E-state index is 0.0845. The Labute approximate surface area is 179 Å². The van der Waals surface area contributed by atoms with Gasteiger partial charge in [-0.05, 0) is 43.4 Å². The van der Waals surface area contributed by atoms with Crippen molar-refractivity contribution in [1.82, 2.24) is 14.8 Å². The van der Waals surface area contributed by atoms with Gasteiger partial charge >= 0.3 is 0 Å². The van der Waals surface area contributed by atoms with Gasteiger partial charge in [-0.25, -0.2) is 0 Å². The summed E-state index contributed by atoms with van der Waals surface area (Å²) in [6.07, 6.45) is 4.21. The molecule has 4 rings (SSSR count). The number of piperidine rings is 1. The van der Waals surface area contributed by atoms with Crippen LogP contribution in [0, 0.1) is 6.92 Å². The Morgan fingerprint density at radius 3 is 2.47 bits per heavy atom. The number of hydrogen-bond donors (Lipinski definition) is 1. The molecule has 2 aromatic carbocycles. The number of aryl methyl sites for hydroxylation is 2. The molecular formula is C26H33N3O. The lowest BCUT2D eigenvalue weighted by molar-refractivity contribution is 0.0899. The number of rotatable bonds is 7. The Morgan fingerprint density at radius 2 is 1.73 bits per heavy atom. The Hall–Kier alpha value is -2.59. The van der Waals surface area contributed by atoms with E-state index >= 15 is 0 Å². The van der Waals surface area contributed by atoms with E-state index in [0.717, 1.165) is 63.1 Å². The molecule has 0 bridgehead atoms. The average molecular weight is 404 g/mol. The predicted octanol–water partition coefficient (Wildman–Crippen LogP) is 5.14. The van der Waals surface area contributed by atoms with E-state index < -0.39 is 0 Å². The number of amides is 1. The van der Waals surface area contributed by atoms with Crippen molar-refractivity contribution >= 4 is 16.8 Å². The van der Waals surface area contributed by atoms with Crippen molar-refractivity contribution in [1.29, 1.82) is 0 Å². The fourth-order valence-corrected chi connectivity index (χ4v) is 4.65. The molecule has 0 aliphatic carbocycles. The second kappa shape index (κ2) is 9.48. The summed E-state index contributed by atoms with van der Waals surface area (Å²) in [5.41, 5.74) is 4.47. The van der Waals surface area contributed by atoms with Crippen LogP contribution < -0.4 is 5.32 Å². The van der Waals surface area contributed by atoms with Gasteiger partial charge in [-0.3, -0.25) is 9.69 Å². The molecule has 1 saturated heterocycles. The number of likely N-dealkylation sites (tertiary alicyclic amines) is 1. The first-order valence-corrected chi connectivity index (χ1v) is 11.3. The van der Waals surface area contributed by atoms with Crippen LogP contribution in [0.15, 0.2) is 54.6 Å². The van der Waals surface area contributed by atoms with Gasteiger partial charge in [0.05, 0.1) is 0 Å². The number of benzene rings is 2. The van der Waals surface area contributed by atoms with Crippen molar-refractivity contribution in [2.24, 2.45) is 0 Å². The molecule has 0 radical (unpaired) electrons. The lowest BCUT2D eigenvalue weighted by atomic mass is 10.0. The average Bonchev–Trinajstić information content (AvgIpc) is 3.06. The van der Waals surface area contributed by atoms with Gasteiger partial charge in [-0.1, -0.05) is 61.9 Å². The van der Waals surface area contributed by atoms with Crippen molar-refractivity contribution in [2.45, 2.75) is 58.7 Å². The van der Waals surface area contributed by atoms with Crippen LogP contribution in [-0.2, 0) is 13.1 Å².